The summed E-state index contributed by atoms with van der Waals surface area (Å²) >= 11 is 0. The Morgan fingerprint density at radius 1 is 1.00 bits per heavy atom. The number of H-pyrrole nitrogens is 1. The predicted molar refractivity (Wildman–Crippen MR) is 72.6 cm³/mol. The topological polar surface area (TPSA) is 44.9 Å². The van der Waals surface area contributed by atoms with Gasteiger partial charge in [-0.25, -0.2) is 13.2 Å². The average Bonchev–Trinajstić information content (AvgIpc) is 2.96. The molecule has 6 heteroatoms. The molecular weight excluding hydrogens is 281 g/mol. The first-order valence-electron chi connectivity index (χ1n) is 6.09. The van der Waals surface area contributed by atoms with Crippen LogP contribution in [0.1, 0.15) is 10.4 Å². The van der Waals surface area contributed by atoms with E-state index in [4.69, 9.17) is 0 Å². The van der Waals surface area contributed by atoms with Gasteiger partial charge in [-0.3, -0.25) is 4.79 Å². The van der Waals surface area contributed by atoms with Crippen molar-refractivity contribution >= 4 is 22.5 Å². The minimum Gasteiger partial charge on any atom is -0.361 e. The second-order valence-corrected chi connectivity index (χ2v) is 4.42. The lowest BCUT2D eigenvalue weighted by Gasteiger charge is -2.08. The molecule has 0 aliphatic carbocycles. The number of rotatable bonds is 2. The number of halogens is 3. The van der Waals surface area contributed by atoms with E-state index in [1.165, 1.54) is 0 Å². The Hall–Kier alpha value is -2.76. The maximum Gasteiger partial charge on any atom is 0.257 e. The summed E-state index contributed by atoms with van der Waals surface area (Å²) in [6, 6.07) is 8.54. The number of fused-ring (bicyclic) bond motifs is 1. The molecule has 0 aliphatic rings. The second kappa shape index (κ2) is 4.97. The zero-order valence-electron chi connectivity index (χ0n) is 10.6. The quantitative estimate of drug-likeness (QED) is 0.692. The Morgan fingerprint density at radius 2 is 1.81 bits per heavy atom. The Balaban J connectivity index is 1.97. The highest BCUT2D eigenvalue weighted by Crippen LogP contribution is 2.22. The Morgan fingerprint density at radius 3 is 2.62 bits per heavy atom. The molecular formula is C15H9F3N2O. The molecule has 0 saturated heterocycles. The maximum atomic E-state index is 13.6. The van der Waals surface area contributed by atoms with Gasteiger partial charge in [-0.2, -0.15) is 0 Å². The predicted octanol–water partition coefficient (Wildman–Crippen LogP) is 3.84. The Kier molecular flexibility index (Phi) is 3.13. The van der Waals surface area contributed by atoms with Gasteiger partial charge in [-0.05, 0) is 24.3 Å². The fourth-order valence-corrected chi connectivity index (χ4v) is 2.09. The van der Waals surface area contributed by atoms with Crippen LogP contribution >= 0.6 is 0 Å². The Labute approximate surface area is 117 Å². The lowest BCUT2D eigenvalue weighted by atomic mass is 10.1. The third kappa shape index (κ3) is 2.24. The van der Waals surface area contributed by atoms with E-state index in [1.807, 2.05) is 0 Å². The van der Waals surface area contributed by atoms with Crippen molar-refractivity contribution in [3.63, 3.8) is 0 Å². The molecule has 3 aromatic rings. The number of carbonyl (C=O) groups is 1. The van der Waals surface area contributed by atoms with Crippen LogP contribution in [0.4, 0.5) is 18.9 Å². The van der Waals surface area contributed by atoms with Crippen LogP contribution in [0.15, 0.2) is 42.6 Å². The van der Waals surface area contributed by atoms with Gasteiger partial charge in [0.2, 0.25) is 0 Å². The van der Waals surface area contributed by atoms with E-state index >= 15 is 0 Å². The minimum absolute atomic E-state index is 0.279. The fraction of sp³-hybridized carbons (Fsp3) is 0. The van der Waals surface area contributed by atoms with Crippen LogP contribution in [-0.2, 0) is 0 Å². The van der Waals surface area contributed by atoms with Gasteiger partial charge in [0.1, 0.15) is 0 Å². The third-order valence-electron chi connectivity index (χ3n) is 3.12. The normalized spacial score (nSPS) is 10.8. The largest absolute Gasteiger partial charge is 0.361 e. The monoisotopic (exact) mass is 290 g/mol. The van der Waals surface area contributed by atoms with Gasteiger partial charge in [0.25, 0.3) is 5.91 Å². The van der Waals surface area contributed by atoms with Crippen LogP contribution in [0.3, 0.4) is 0 Å². The molecule has 106 valence electrons. The molecule has 1 aromatic heterocycles. The number of anilines is 1. The summed E-state index contributed by atoms with van der Waals surface area (Å²) in [6.07, 6.45) is 1.67. The van der Waals surface area contributed by atoms with Gasteiger partial charge < -0.3 is 10.3 Å². The smallest absolute Gasteiger partial charge is 0.257 e. The van der Waals surface area contributed by atoms with Crippen LogP contribution in [-0.4, -0.2) is 10.9 Å². The molecule has 0 aliphatic heterocycles. The first-order chi connectivity index (χ1) is 10.1. The number of benzene rings is 2. The van der Waals surface area contributed by atoms with E-state index in [2.05, 4.69) is 10.3 Å². The number of hydrogen-bond acceptors (Lipinski definition) is 1. The molecule has 0 fully saturated rings. The van der Waals surface area contributed by atoms with E-state index in [0.717, 1.165) is 17.5 Å². The van der Waals surface area contributed by atoms with Crippen molar-refractivity contribution in [1.82, 2.24) is 4.98 Å². The minimum atomic E-state index is -1.62. The molecule has 0 spiro atoms. The van der Waals surface area contributed by atoms with Crippen LogP contribution in [0.25, 0.3) is 10.9 Å². The first-order valence-corrected chi connectivity index (χ1v) is 6.09. The van der Waals surface area contributed by atoms with Crippen molar-refractivity contribution in [2.45, 2.75) is 0 Å². The number of amides is 1. The van der Waals surface area contributed by atoms with E-state index < -0.39 is 29.0 Å². The molecule has 0 radical (unpaired) electrons. The van der Waals surface area contributed by atoms with Crippen LogP contribution in [0.2, 0.25) is 0 Å². The molecule has 0 unspecified atom stereocenters. The molecule has 1 heterocycles. The number of carbonyl (C=O) groups excluding carboxylic acids is 1. The van der Waals surface area contributed by atoms with Gasteiger partial charge >= 0.3 is 0 Å². The molecule has 2 N–H and O–H groups in total. The van der Waals surface area contributed by atoms with Crippen LogP contribution < -0.4 is 5.32 Å². The van der Waals surface area contributed by atoms with E-state index in [9.17, 15) is 18.0 Å². The molecule has 3 rings (SSSR count). The number of para-hydroxylation sites is 1. The zero-order valence-corrected chi connectivity index (χ0v) is 10.6. The number of aromatic nitrogens is 1. The second-order valence-electron chi connectivity index (χ2n) is 4.42. The summed E-state index contributed by atoms with van der Waals surface area (Å²) in [5.74, 6) is -4.97. The van der Waals surface area contributed by atoms with Crippen LogP contribution in [0, 0.1) is 17.5 Å². The van der Waals surface area contributed by atoms with Crippen molar-refractivity contribution in [3.8, 4) is 0 Å². The molecule has 2 aromatic carbocycles. The maximum absolute atomic E-state index is 13.6. The summed E-state index contributed by atoms with van der Waals surface area (Å²) < 4.78 is 39.5. The standard InChI is InChI=1S/C15H9F3N2O/c16-10-4-5-11(13(18)12(10)17)20-15(21)9-3-1-2-8-6-7-19-14(8)9/h1-7,19H,(H,20,21). The fourth-order valence-electron chi connectivity index (χ4n) is 2.09. The molecule has 0 saturated carbocycles. The summed E-state index contributed by atoms with van der Waals surface area (Å²) in [5.41, 5.74) is 0.446. The van der Waals surface area contributed by atoms with Crippen LogP contribution in [0.5, 0.6) is 0 Å². The van der Waals surface area contributed by atoms with Gasteiger partial charge in [-0.15, -0.1) is 0 Å². The van der Waals surface area contributed by atoms with Crippen molar-refractivity contribution < 1.29 is 18.0 Å². The Bertz CT molecular complexity index is 842. The summed E-state index contributed by atoms with van der Waals surface area (Å²) in [7, 11) is 0. The van der Waals surface area contributed by atoms with E-state index in [-0.39, 0.29) is 5.56 Å². The number of nitrogens with one attached hydrogen (secondary N) is 2. The molecule has 0 bridgehead atoms. The molecule has 0 atom stereocenters. The summed E-state index contributed by atoms with van der Waals surface area (Å²) in [4.78, 5) is 15.1. The van der Waals surface area contributed by atoms with Gasteiger partial charge in [-0.1, -0.05) is 12.1 Å². The highest BCUT2D eigenvalue weighted by molar-refractivity contribution is 6.12. The van der Waals surface area contributed by atoms with E-state index in [1.54, 1.807) is 30.5 Å². The highest BCUT2D eigenvalue weighted by Gasteiger charge is 2.17. The first kappa shape index (κ1) is 13.2. The van der Waals surface area contributed by atoms with Gasteiger partial charge in [0.05, 0.1) is 16.8 Å². The highest BCUT2D eigenvalue weighted by atomic mass is 19.2. The van der Waals surface area contributed by atoms with Crippen molar-refractivity contribution in [2.24, 2.45) is 0 Å². The van der Waals surface area contributed by atoms with Crippen molar-refractivity contribution in [2.75, 3.05) is 5.32 Å². The SMILES string of the molecule is O=C(Nc1ccc(F)c(F)c1F)c1cccc2cc[nH]c12. The number of hydrogen-bond donors (Lipinski definition) is 2. The third-order valence-corrected chi connectivity index (χ3v) is 3.12. The lowest BCUT2D eigenvalue weighted by Crippen LogP contribution is -2.14. The van der Waals surface area contributed by atoms with Gasteiger partial charge in [0.15, 0.2) is 17.5 Å². The summed E-state index contributed by atoms with van der Waals surface area (Å²) in [6.45, 7) is 0. The lowest BCUT2D eigenvalue weighted by molar-refractivity contribution is 0.102. The van der Waals surface area contributed by atoms with Crippen molar-refractivity contribution in [3.05, 3.63) is 65.6 Å². The number of aromatic amines is 1. The van der Waals surface area contributed by atoms with E-state index in [0.29, 0.717) is 5.52 Å². The molecule has 1 amide bonds. The average molecular weight is 290 g/mol. The zero-order chi connectivity index (χ0) is 15.0. The molecule has 3 nitrogen and oxygen atoms in total. The molecule has 21 heavy (non-hydrogen) atoms. The van der Waals surface area contributed by atoms with Crippen molar-refractivity contribution in [1.29, 1.82) is 0 Å². The summed E-state index contributed by atoms with van der Waals surface area (Å²) in [5, 5.41) is 3.05. The van der Waals surface area contributed by atoms with Gasteiger partial charge in [0, 0.05) is 11.6 Å².